The van der Waals surface area contributed by atoms with Crippen molar-refractivity contribution >= 4 is 23.5 Å². The third kappa shape index (κ3) is 4.55. The number of carbonyl (C=O) groups is 3. The Balaban J connectivity index is 2.16. The SMILES string of the molecule is CC(=O)c1c(C)oc(NC(=O)C(C)Oc2ccc(C(C)C)cc2)c1C(N)=O. The first-order valence-corrected chi connectivity index (χ1v) is 8.63. The molecule has 0 saturated carbocycles. The topological polar surface area (TPSA) is 112 Å². The van der Waals surface area contributed by atoms with E-state index in [1.807, 2.05) is 12.1 Å². The molecule has 0 spiro atoms. The van der Waals surface area contributed by atoms with Crippen molar-refractivity contribution in [2.75, 3.05) is 5.32 Å². The van der Waals surface area contributed by atoms with Crippen molar-refractivity contribution in [2.24, 2.45) is 5.73 Å². The fourth-order valence-electron chi connectivity index (χ4n) is 2.69. The molecule has 0 aliphatic carbocycles. The van der Waals surface area contributed by atoms with Crippen LogP contribution in [0.25, 0.3) is 0 Å². The minimum atomic E-state index is -0.859. The second-order valence-corrected chi connectivity index (χ2v) is 6.63. The van der Waals surface area contributed by atoms with Gasteiger partial charge in [-0.15, -0.1) is 0 Å². The standard InChI is InChI=1S/C20H24N2O5/c1-10(2)14-6-8-15(9-7-14)26-13(5)19(25)22-20-17(18(21)24)16(11(3)23)12(4)27-20/h6-10,13H,1-5H3,(H2,21,24)(H,22,25). The zero-order valence-electron chi connectivity index (χ0n) is 16.1. The molecule has 0 saturated heterocycles. The van der Waals surface area contributed by atoms with E-state index in [1.165, 1.54) is 13.8 Å². The predicted octanol–water partition coefficient (Wildman–Crippen LogP) is 3.42. The number of carbonyl (C=O) groups excluding carboxylic acids is 3. The van der Waals surface area contributed by atoms with Gasteiger partial charge in [-0.25, -0.2) is 0 Å². The van der Waals surface area contributed by atoms with Crippen LogP contribution in [0.5, 0.6) is 5.75 Å². The smallest absolute Gasteiger partial charge is 0.267 e. The molecule has 1 unspecified atom stereocenters. The van der Waals surface area contributed by atoms with Crippen LogP contribution in [-0.2, 0) is 4.79 Å². The first kappa shape index (κ1) is 20.2. The highest BCUT2D eigenvalue weighted by Gasteiger charge is 2.27. The highest BCUT2D eigenvalue weighted by Crippen LogP contribution is 2.27. The van der Waals surface area contributed by atoms with Crippen LogP contribution in [0.1, 0.15) is 65.7 Å². The summed E-state index contributed by atoms with van der Waals surface area (Å²) in [6.07, 6.45) is -0.859. The third-order valence-corrected chi connectivity index (χ3v) is 4.15. The maximum atomic E-state index is 12.4. The van der Waals surface area contributed by atoms with Crippen molar-refractivity contribution in [2.45, 2.75) is 46.6 Å². The number of rotatable bonds is 7. The van der Waals surface area contributed by atoms with Gasteiger partial charge in [-0.05, 0) is 44.4 Å². The summed E-state index contributed by atoms with van der Waals surface area (Å²) in [6.45, 7) is 8.56. The van der Waals surface area contributed by atoms with Gasteiger partial charge in [0, 0.05) is 0 Å². The van der Waals surface area contributed by atoms with E-state index in [0.717, 1.165) is 5.56 Å². The molecule has 1 atom stereocenters. The van der Waals surface area contributed by atoms with Crippen LogP contribution in [0, 0.1) is 6.92 Å². The summed E-state index contributed by atoms with van der Waals surface area (Å²) in [5.74, 6) is -0.772. The zero-order chi connectivity index (χ0) is 20.3. The van der Waals surface area contributed by atoms with E-state index in [2.05, 4.69) is 19.2 Å². The maximum absolute atomic E-state index is 12.4. The van der Waals surface area contributed by atoms with Crippen molar-refractivity contribution in [1.29, 1.82) is 0 Å². The van der Waals surface area contributed by atoms with Gasteiger partial charge in [0.2, 0.25) is 5.88 Å². The molecule has 1 aromatic carbocycles. The van der Waals surface area contributed by atoms with Crippen LogP contribution in [0.3, 0.4) is 0 Å². The summed E-state index contributed by atoms with van der Waals surface area (Å²) < 4.78 is 11.0. The van der Waals surface area contributed by atoms with Crippen LogP contribution >= 0.6 is 0 Å². The van der Waals surface area contributed by atoms with Crippen LogP contribution in [0.15, 0.2) is 28.7 Å². The van der Waals surface area contributed by atoms with Crippen molar-refractivity contribution in [3.8, 4) is 5.75 Å². The number of furan rings is 1. The quantitative estimate of drug-likeness (QED) is 0.723. The molecule has 2 rings (SSSR count). The first-order chi connectivity index (χ1) is 12.6. The minimum absolute atomic E-state index is 0.0654. The lowest BCUT2D eigenvalue weighted by molar-refractivity contribution is -0.122. The van der Waals surface area contributed by atoms with Crippen LogP contribution < -0.4 is 15.8 Å². The van der Waals surface area contributed by atoms with Crippen molar-refractivity contribution < 1.29 is 23.5 Å². The average molecular weight is 372 g/mol. The molecule has 2 aromatic rings. The summed E-state index contributed by atoms with van der Waals surface area (Å²) in [5.41, 5.74) is 6.44. The number of primary amides is 1. The zero-order valence-corrected chi connectivity index (χ0v) is 16.1. The van der Waals surface area contributed by atoms with E-state index in [-0.39, 0.29) is 28.6 Å². The van der Waals surface area contributed by atoms with Gasteiger partial charge in [-0.1, -0.05) is 26.0 Å². The average Bonchev–Trinajstić information content (AvgIpc) is 2.91. The Morgan fingerprint density at radius 1 is 1.07 bits per heavy atom. The largest absolute Gasteiger partial charge is 0.481 e. The molecular formula is C20H24N2O5. The lowest BCUT2D eigenvalue weighted by Gasteiger charge is -2.15. The highest BCUT2D eigenvalue weighted by atomic mass is 16.5. The van der Waals surface area contributed by atoms with Crippen LogP contribution in [0.4, 0.5) is 5.88 Å². The maximum Gasteiger partial charge on any atom is 0.267 e. The minimum Gasteiger partial charge on any atom is -0.481 e. The van der Waals surface area contributed by atoms with Gasteiger partial charge < -0.3 is 14.9 Å². The van der Waals surface area contributed by atoms with Gasteiger partial charge in [0.1, 0.15) is 17.1 Å². The Labute approximate surface area is 157 Å². The van der Waals surface area contributed by atoms with Gasteiger partial charge in [-0.2, -0.15) is 0 Å². The number of ketones is 1. The highest BCUT2D eigenvalue weighted by molar-refractivity contribution is 6.12. The molecule has 1 heterocycles. The normalized spacial score (nSPS) is 11.9. The molecule has 0 aliphatic rings. The number of benzene rings is 1. The Morgan fingerprint density at radius 3 is 2.15 bits per heavy atom. The second-order valence-electron chi connectivity index (χ2n) is 6.63. The van der Waals surface area contributed by atoms with Gasteiger partial charge in [0.25, 0.3) is 11.8 Å². The van der Waals surface area contributed by atoms with Gasteiger partial charge in [-0.3, -0.25) is 19.7 Å². The Kier molecular flexibility index (Phi) is 6.05. The summed E-state index contributed by atoms with van der Waals surface area (Å²) in [4.78, 5) is 35.9. The number of nitrogens with two attached hydrogens (primary N) is 1. The van der Waals surface area contributed by atoms with Crippen molar-refractivity contribution in [3.05, 3.63) is 46.7 Å². The molecule has 144 valence electrons. The molecule has 0 aliphatic heterocycles. The van der Waals surface area contributed by atoms with E-state index in [9.17, 15) is 14.4 Å². The summed E-state index contributed by atoms with van der Waals surface area (Å²) >= 11 is 0. The number of Topliss-reactive ketones (excluding diaryl/α,β-unsaturated/α-hetero) is 1. The first-order valence-electron chi connectivity index (χ1n) is 8.63. The molecule has 2 amide bonds. The Bertz CT molecular complexity index is 865. The molecule has 0 radical (unpaired) electrons. The lowest BCUT2D eigenvalue weighted by Crippen LogP contribution is -2.31. The Morgan fingerprint density at radius 2 is 1.67 bits per heavy atom. The molecule has 0 fully saturated rings. The summed E-state index contributed by atoms with van der Waals surface area (Å²) in [5, 5.41) is 2.47. The van der Waals surface area contributed by atoms with Crippen molar-refractivity contribution in [3.63, 3.8) is 0 Å². The van der Waals surface area contributed by atoms with Crippen LogP contribution in [-0.4, -0.2) is 23.7 Å². The Hall–Kier alpha value is -3.09. The van der Waals surface area contributed by atoms with Gasteiger partial charge in [0.05, 0.1) is 5.56 Å². The molecular weight excluding hydrogens is 348 g/mol. The number of anilines is 1. The van der Waals surface area contributed by atoms with Gasteiger partial charge >= 0.3 is 0 Å². The number of ether oxygens (including phenoxy) is 1. The fourth-order valence-corrected chi connectivity index (χ4v) is 2.69. The summed E-state index contributed by atoms with van der Waals surface area (Å²) in [7, 11) is 0. The van der Waals surface area contributed by atoms with E-state index in [4.69, 9.17) is 14.9 Å². The van der Waals surface area contributed by atoms with E-state index in [1.54, 1.807) is 19.1 Å². The summed E-state index contributed by atoms with van der Waals surface area (Å²) in [6, 6.07) is 7.45. The molecule has 7 heteroatoms. The predicted molar refractivity (Wildman–Crippen MR) is 101 cm³/mol. The number of nitrogens with one attached hydrogen (secondary N) is 1. The van der Waals surface area contributed by atoms with E-state index in [0.29, 0.717) is 11.7 Å². The number of aryl methyl sites for hydroxylation is 1. The van der Waals surface area contributed by atoms with Gasteiger partial charge in [0.15, 0.2) is 11.9 Å². The van der Waals surface area contributed by atoms with Crippen molar-refractivity contribution in [1.82, 2.24) is 0 Å². The molecule has 27 heavy (non-hydrogen) atoms. The van der Waals surface area contributed by atoms with E-state index < -0.39 is 17.9 Å². The molecule has 3 N–H and O–H groups in total. The lowest BCUT2D eigenvalue weighted by atomic mass is 10.0. The molecule has 1 aromatic heterocycles. The number of hydrogen-bond acceptors (Lipinski definition) is 5. The third-order valence-electron chi connectivity index (χ3n) is 4.15. The molecule has 7 nitrogen and oxygen atoms in total. The number of amides is 2. The van der Waals surface area contributed by atoms with Crippen LogP contribution in [0.2, 0.25) is 0 Å². The second kappa shape index (κ2) is 8.07. The molecule has 0 bridgehead atoms. The monoisotopic (exact) mass is 372 g/mol. The van der Waals surface area contributed by atoms with E-state index >= 15 is 0 Å². The fraction of sp³-hybridized carbons (Fsp3) is 0.350. The number of hydrogen-bond donors (Lipinski definition) is 2.